The topological polar surface area (TPSA) is 118 Å². The number of nitrogens with one attached hydrogen (secondary N) is 2. The van der Waals surface area contributed by atoms with Gasteiger partial charge in [0.25, 0.3) is 0 Å². The second-order valence-corrected chi connectivity index (χ2v) is 9.14. The molecule has 1 aromatic heterocycles. The first-order valence-electron chi connectivity index (χ1n) is 12.7. The summed E-state index contributed by atoms with van der Waals surface area (Å²) >= 11 is 0. The van der Waals surface area contributed by atoms with Gasteiger partial charge in [0, 0.05) is 29.4 Å². The maximum Gasteiger partial charge on any atom is 0.490 e. The van der Waals surface area contributed by atoms with E-state index >= 15 is 0 Å². The van der Waals surface area contributed by atoms with Crippen LogP contribution in [0.4, 0.5) is 18.0 Å². The van der Waals surface area contributed by atoms with Crippen molar-refractivity contribution in [3.63, 3.8) is 0 Å². The zero-order valence-electron chi connectivity index (χ0n) is 21.9. The predicted molar refractivity (Wildman–Crippen MR) is 144 cm³/mol. The van der Waals surface area contributed by atoms with Crippen LogP contribution in [-0.4, -0.2) is 53.6 Å². The monoisotopic (exact) mass is 568 g/mol. The summed E-state index contributed by atoms with van der Waals surface area (Å²) in [6.07, 6.45) is -3.57. The second-order valence-electron chi connectivity index (χ2n) is 9.14. The number of H-pyrrole nitrogens is 1. The number of carbonyl (C=O) groups is 3. The number of carboxylic acids is 1. The molecule has 0 bridgehead atoms. The Morgan fingerprint density at radius 2 is 1.49 bits per heavy atom. The van der Waals surface area contributed by atoms with E-state index < -0.39 is 30.2 Å². The summed E-state index contributed by atoms with van der Waals surface area (Å²) in [6.45, 7) is 2.16. The fourth-order valence-electron chi connectivity index (χ4n) is 4.74. The number of hydrogen-bond donors (Lipinski definition) is 3. The van der Waals surface area contributed by atoms with Crippen LogP contribution in [0.25, 0.3) is 22.0 Å². The number of alkyl halides is 3. The normalized spacial score (nSPS) is 12.9. The maximum atomic E-state index is 12.8. The lowest BCUT2D eigenvalue weighted by molar-refractivity contribution is -0.192. The summed E-state index contributed by atoms with van der Waals surface area (Å²) in [5, 5.41) is 10.9. The highest BCUT2D eigenvalue weighted by Crippen LogP contribution is 2.44. The number of halogens is 3. The number of benzene rings is 3. The molecule has 1 aliphatic rings. The number of aromatic nitrogens is 1. The SMILES string of the molecule is CCOC(=O)[C@H](Cc1c[nH]c2ccccc12)NC(=O)OCC1c2ccccc2-c2ccccc21.O=C(O)C(F)(F)F. The Kier molecular flexibility index (Phi) is 8.96. The predicted octanol–water partition coefficient (Wildman–Crippen LogP) is 5.81. The van der Waals surface area contributed by atoms with Gasteiger partial charge in [0.05, 0.1) is 6.61 Å². The van der Waals surface area contributed by atoms with Crippen molar-refractivity contribution in [1.82, 2.24) is 10.3 Å². The molecule has 1 amide bonds. The lowest BCUT2D eigenvalue weighted by Gasteiger charge is -2.19. The number of aromatic amines is 1. The molecule has 3 aromatic carbocycles. The summed E-state index contributed by atoms with van der Waals surface area (Å²) in [7, 11) is 0. The molecule has 1 atom stereocenters. The van der Waals surface area contributed by atoms with Crippen LogP contribution in [0.5, 0.6) is 0 Å². The highest BCUT2D eigenvalue weighted by Gasteiger charge is 2.38. The molecular weight excluding hydrogens is 541 g/mol. The standard InChI is InChI=1S/C28H26N2O4.C2HF3O2/c1-2-33-27(31)26(15-18-16-29-25-14-8-7-9-19(18)25)30-28(32)34-17-24-22-12-5-3-10-20(22)21-11-4-6-13-23(21)24;3-2(4,5)1(6)7/h3-14,16,24,26,29H,2,15,17H2,1H3,(H,30,32);(H,6,7)/t26-;/m0./s1. The molecule has 0 spiro atoms. The molecule has 4 aromatic rings. The number of carboxylic acid groups (broad SMARTS) is 1. The van der Waals surface area contributed by atoms with Crippen molar-refractivity contribution in [3.8, 4) is 11.1 Å². The molecule has 0 saturated carbocycles. The third-order valence-electron chi connectivity index (χ3n) is 6.55. The molecule has 0 saturated heterocycles. The van der Waals surface area contributed by atoms with Gasteiger partial charge >= 0.3 is 24.2 Å². The van der Waals surface area contributed by atoms with E-state index in [1.165, 1.54) is 0 Å². The fraction of sp³-hybridized carbons (Fsp3) is 0.233. The molecule has 1 heterocycles. The number of aliphatic carboxylic acids is 1. The van der Waals surface area contributed by atoms with E-state index in [9.17, 15) is 22.8 Å². The summed E-state index contributed by atoms with van der Waals surface area (Å²) < 4.78 is 42.6. The lowest BCUT2D eigenvalue weighted by atomic mass is 9.98. The number of amides is 1. The highest BCUT2D eigenvalue weighted by atomic mass is 19.4. The van der Waals surface area contributed by atoms with Gasteiger partial charge in [0.1, 0.15) is 12.6 Å². The van der Waals surface area contributed by atoms with Gasteiger partial charge in [0.15, 0.2) is 0 Å². The molecule has 214 valence electrons. The number of ether oxygens (including phenoxy) is 2. The number of fused-ring (bicyclic) bond motifs is 4. The molecule has 5 rings (SSSR count). The first kappa shape index (κ1) is 29.2. The largest absolute Gasteiger partial charge is 0.490 e. The van der Waals surface area contributed by atoms with Gasteiger partial charge in [-0.25, -0.2) is 14.4 Å². The quantitative estimate of drug-likeness (QED) is 0.242. The van der Waals surface area contributed by atoms with Crippen molar-refractivity contribution >= 4 is 28.9 Å². The van der Waals surface area contributed by atoms with Crippen molar-refractivity contribution in [2.24, 2.45) is 0 Å². The molecule has 0 aliphatic heterocycles. The minimum atomic E-state index is -5.08. The molecule has 1 aliphatic carbocycles. The Bertz CT molecular complexity index is 1500. The van der Waals surface area contributed by atoms with Gasteiger partial charge in [-0.1, -0.05) is 66.7 Å². The van der Waals surface area contributed by atoms with Crippen molar-refractivity contribution in [2.45, 2.75) is 31.5 Å². The third-order valence-corrected chi connectivity index (χ3v) is 6.55. The maximum absolute atomic E-state index is 12.8. The summed E-state index contributed by atoms with van der Waals surface area (Å²) in [5.41, 5.74) is 6.50. The van der Waals surface area contributed by atoms with Gasteiger partial charge in [-0.2, -0.15) is 13.2 Å². The van der Waals surface area contributed by atoms with Crippen LogP contribution in [-0.2, 0) is 25.5 Å². The van der Waals surface area contributed by atoms with Crippen molar-refractivity contribution in [3.05, 3.63) is 95.7 Å². The Labute approximate surface area is 233 Å². The molecule has 11 heteroatoms. The minimum Gasteiger partial charge on any atom is -0.475 e. The Balaban J connectivity index is 0.000000493. The van der Waals surface area contributed by atoms with Crippen LogP contribution in [0.2, 0.25) is 0 Å². The summed E-state index contributed by atoms with van der Waals surface area (Å²) in [5.74, 6) is -3.29. The number of para-hydroxylation sites is 1. The minimum absolute atomic E-state index is 0.0483. The Hall–Kier alpha value is -4.80. The van der Waals surface area contributed by atoms with Gasteiger partial charge in [-0.05, 0) is 40.8 Å². The molecule has 0 unspecified atom stereocenters. The van der Waals surface area contributed by atoms with Crippen molar-refractivity contribution < 1.29 is 42.1 Å². The van der Waals surface area contributed by atoms with E-state index in [-0.39, 0.29) is 19.1 Å². The first-order valence-corrected chi connectivity index (χ1v) is 12.7. The molecule has 41 heavy (non-hydrogen) atoms. The molecule has 3 N–H and O–H groups in total. The van der Waals surface area contributed by atoms with E-state index in [0.717, 1.165) is 38.7 Å². The van der Waals surface area contributed by atoms with Crippen LogP contribution in [0.15, 0.2) is 79.0 Å². The molecule has 0 fully saturated rings. The molecule has 0 radical (unpaired) electrons. The van der Waals surface area contributed by atoms with Crippen LogP contribution < -0.4 is 5.32 Å². The molecule has 8 nitrogen and oxygen atoms in total. The van der Waals surface area contributed by atoms with E-state index in [1.54, 1.807) is 6.92 Å². The number of carbonyl (C=O) groups excluding carboxylic acids is 2. The van der Waals surface area contributed by atoms with E-state index in [4.69, 9.17) is 19.4 Å². The van der Waals surface area contributed by atoms with Crippen molar-refractivity contribution in [2.75, 3.05) is 13.2 Å². The number of alkyl carbamates (subject to hydrolysis) is 1. The number of rotatable bonds is 7. The summed E-state index contributed by atoms with van der Waals surface area (Å²) in [6, 6.07) is 23.3. The van der Waals surface area contributed by atoms with E-state index in [1.807, 2.05) is 54.7 Å². The van der Waals surface area contributed by atoms with Gasteiger partial charge < -0.3 is 24.9 Å². The van der Waals surface area contributed by atoms with Crippen LogP contribution >= 0.6 is 0 Å². The third kappa shape index (κ3) is 6.86. The van der Waals surface area contributed by atoms with Crippen LogP contribution in [0.1, 0.15) is 29.5 Å². The van der Waals surface area contributed by atoms with Gasteiger partial charge in [0.2, 0.25) is 0 Å². The van der Waals surface area contributed by atoms with Crippen LogP contribution in [0, 0.1) is 0 Å². The van der Waals surface area contributed by atoms with Gasteiger partial charge in [-0.15, -0.1) is 0 Å². The molecular formula is C30H27F3N2O6. The second kappa shape index (κ2) is 12.6. The zero-order valence-corrected chi connectivity index (χ0v) is 21.9. The average molecular weight is 569 g/mol. The lowest BCUT2D eigenvalue weighted by Crippen LogP contribution is -2.44. The smallest absolute Gasteiger partial charge is 0.475 e. The first-order chi connectivity index (χ1) is 19.6. The highest BCUT2D eigenvalue weighted by molar-refractivity contribution is 5.86. The summed E-state index contributed by atoms with van der Waals surface area (Å²) in [4.78, 5) is 37.5. The number of esters is 1. The number of hydrogen-bond acceptors (Lipinski definition) is 5. The van der Waals surface area contributed by atoms with Crippen LogP contribution in [0.3, 0.4) is 0 Å². The van der Waals surface area contributed by atoms with Crippen molar-refractivity contribution in [1.29, 1.82) is 0 Å². The van der Waals surface area contributed by atoms with E-state index in [0.29, 0.717) is 6.42 Å². The zero-order chi connectivity index (χ0) is 29.6. The average Bonchev–Trinajstić information content (AvgIpc) is 3.50. The van der Waals surface area contributed by atoms with Gasteiger partial charge in [-0.3, -0.25) is 0 Å². The van der Waals surface area contributed by atoms with E-state index in [2.05, 4.69) is 34.6 Å². The Morgan fingerprint density at radius 1 is 0.927 bits per heavy atom. The fourth-order valence-corrected chi connectivity index (χ4v) is 4.74. The Morgan fingerprint density at radius 3 is 2.07 bits per heavy atom.